The lowest BCUT2D eigenvalue weighted by molar-refractivity contribution is -0.118. The Morgan fingerprint density at radius 3 is 2.78 bits per heavy atom. The smallest absolute Gasteiger partial charge is 0.416 e. The van der Waals surface area contributed by atoms with Crippen LogP contribution in [0.4, 0.5) is 25.1 Å². The molecule has 11 heteroatoms. The van der Waals surface area contributed by atoms with Crippen molar-refractivity contribution in [2.24, 2.45) is 5.73 Å². The molecule has 32 heavy (non-hydrogen) atoms. The van der Waals surface area contributed by atoms with Gasteiger partial charge in [-0.05, 0) is 31.9 Å². The van der Waals surface area contributed by atoms with Crippen LogP contribution < -0.4 is 20.7 Å². The van der Waals surface area contributed by atoms with Gasteiger partial charge in [0.05, 0.1) is 17.8 Å². The van der Waals surface area contributed by atoms with E-state index in [9.17, 15) is 18.4 Å². The number of carbonyl (C=O) groups is 2. The molecule has 9 nitrogen and oxygen atoms in total. The lowest BCUT2D eigenvalue weighted by Gasteiger charge is -2.20. The number of halogens is 2. The number of benzene rings is 1. The van der Waals surface area contributed by atoms with Gasteiger partial charge < -0.3 is 25.1 Å². The molecule has 2 aliphatic heterocycles. The predicted octanol–water partition coefficient (Wildman–Crippen LogP) is 2.70. The molecule has 1 saturated heterocycles. The number of nitrogens with zero attached hydrogens (tertiary/aromatic N) is 3. The summed E-state index contributed by atoms with van der Waals surface area (Å²) in [5.41, 5.74) is 7.42. The maximum atomic E-state index is 13.6. The fraction of sp³-hybridized carbons (Fsp3) is 0.476. The summed E-state index contributed by atoms with van der Waals surface area (Å²) in [4.78, 5) is 29.4. The standard InChI is InChI=1S/C21H23F2N5O4/c1-10(18(24)29)25-12-4-5-13-15(8-12)31-7-6-27-16(11-2-3-11)20(26-19(13)27)28-14(17(22)23)9-32-21(28)30/h4-5,8,10-11,14,17,25H,2-3,6-7,9H2,1H3,(H2,24,29)/t10-,14?/m0/s1. The molecule has 2 aromatic rings. The summed E-state index contributed by atoms with van der Waals surface area (Å²) >= 11 is 0. The van der Waals surface area contributed by atoms with Crippen molar-refractivity contribution in [3.63, 3.8) is 0 Å². The van der Waals surface area contributed by atoms with E-state index in [-0.39, 0.29) is 18.3 Å². The quantitative estimate of drug-likeness (QED) is 0.704. The fourth-order valence-corrected chi connectivity index (χ4v) is 4.17. The third-order valence-corrected chi connectivity index (χ3v) is 5.98. The van der Waals surface area contributed by atoms with Crippen LogP contribution in [0.2, 0.25) is 0 Å². The second-order valence-electron chi connectivity index (χ2n) is 8.25. The molecule has 2 amide bonds. The van der Waals surface area contributed by atoms with Gasteiger partial charge in [0, 0.05) is 17.7 Å². The lowest BCUT2D eigenvalue weighted by atomic mass is 10.1. The van der Waals surface area contributed by atoms with Crippen LogP contribution in [0.15, 0.2) is 18.2 Å². The summed E-state index contributed by atoms with van der Waals surface area (Å²) in [6.07, 6.45) is -1.74. The summed E-state index contributed by atoms with van der Waals surface area (Å²) in [5, 5.41) is 3.01. The number of hydrogen-bond donors (Lipinski definition) is 2. The van der Waals surface area contributed by atoms with Crippen molar-refractivity contribution in [3.8, 4) is 17.1 Å². The van der Waals surface area contributed by atoms with Crippen molar-refractivity contribution in [2.75, 3.05) is 23.4 Å². The van der Waals surface area contributed by atoms with Crippen LogP contribution >= 0.6 is 0 Å². The molecular weight excluding hydrogens is 424 g/mol. The van der Waals surface area contributed by atoms with Crippen LogP contribution in [-0.2, 0) is 16.1 Å². The molecule has 1 aliphatic carbocycles. The van der Waals surface area contributed by atoms with E-state index in [0.717, 1.165) is 23.4 Å². The second kappa shape index (κ2) is 7.64. The first-order chi connectivity index (χ1) is 15.3. The molecule has 1 aromatic heterocycles. The Hall–Kier alpha value is -3.37. The second-order valence-corrected chi connectivity index (χ2v) is 8.25. The number of amides is 2. The molecule has 0 spiro atoms. The van der Waals surface area contributed by atoms with Gasteiger partial charge in [0.1, 0.15) is 36.9 Å². The predicted molar refractivity (Wildman–Crippen MR) is 111 cm³/mol. The summed E-state index contributed by atoms with van der Waals surface area (Å²) in [7, 11) is 0. The van der Waals surface area contributed by atoms with E-state index in [1.54, 1.807) is 25.1 Å². The number of ether oxygens (including phenoxy) is 2. The van der Waals surface area contributed by atoms with E-state index in [1.807, 2.05) is 4.57 Å². The van der Waals surface area contributed by atoms with Gasteiger partial charge in [-0.15, -0.1) is 0 Å². The average Bonchev–Trinajstić information content (AvgIpc) is 3.45. The zero-order chi connectivity index (χ0) is 22.6. The summed E-state index contributed by atoms with van der Waals surface area (Å²) < 4.78 is 40.1. The minimum absolute atomic E-state index is 0.150. The molecule has 170 valence electrons. The van der Waals surface area contributed by atoms with E-state index in [1.165, 1.54) is 0 Å². The molecule has 3 heterocycles. The maximum Gasteiger partial charge on any atom is 0.416 e. The fourth-order valence-electron chi connectivity index (χ4n) is 4.17. The van der Waals surface area contributed by atoms with Crippen molar-refractivity contribution in [1.82, 2.24) is 9.55 Å². The normalized spacial score (nSPS) is 20.8. The molecule has 2 atom stereocenters. The summed E-state index contributed by atoms with van der Waals surface area (Å²) in [5.74, 6) is 1.00. The minimum Gasteiger partial charge on any atom is -0.491 e. The van der Waals surface area contributed by atoms with Crippen molar-refractivity contribution >= 4 is 23.5 Å². The number of rotatable bonds is 6. The first kappa shape index (κ1) is 20.5. The highest BCUT2D eigenvalue weighted by atomic mass is 19.3. The van der Waals surface area contributed by atoms with Crippen LogP contribution in [0.1, 0.15) is 31.4 Å². The number of hydrogen-bond acceptors (Lipinski definition) is 6. The number of fused-ring (bicyclic) bond motifs is 3. The van der Waals surface area contributed by atoms with Gasteiger partial charge in [-0.3, -0.25) is 4.79 Å². The number of nitrogens with one attached hydrogen (secondary N) is 1. The maximum absolute atomic E-state index is 13.6. The number of aromatic nitrogens is 2. The van der Waals surface area contributed by atoms with E-state index < -0.39 is 30.5 Å². The molecule has 2 fully saturated rings. The number of anilines is 2. The number of nitrogens with two attached hydrogens (primary N) is 1. The van der Waals surface area contributed by atoms with E-state index in [0.29, 0.717) is 36.0 Å². The number of carbonyl (C=O) groups excluding carboxylic acids is 2. The number of alkyl halides is 2. The highest BCUT2D eigenvalue weighted by Gasteiger charge is 2.45. The van der Waals surface area contributed by atoms with Gasteiger partial charge >= 0.3 is 6.09 Å². The van der Waals surface area contributed by atoms with Gasteiger partial charge in [-0.25, -0.2) is 23.5 Å². The van der Waals surface area contributed by atoms with Crippen LogP contribution in [0, 0.1) is 0 Å². The number of cyclic esters (lactones) is 1. The van der Waals surface area contributed by atoms with Gasteiger partial charge in [0.15, 0.2) is 5.82 Å². The van der Waals surface area contributed by atoms with Gasteiger partial charge in [-0.1, -0.05) is 0 Å². The number of primary amides is 1. The molecule has 3 aliphatic rings. The summed E-state index contributed by atoms with van der Waals surface area (Å²) in [6, 6.07) is 3.39. The zero-order valence-electron chi connectivity index (χ0n) is 17.4. The van der Waals surface area contributed by atoms with Crippen molar-refractivity contribution in [2.45, 2.75) is 50.7 Å². The van der Waals surface area contributed by atoms with Gasteiger partial charge in [-0.2, -0.15) is 0 Å². The monoisotopic (exact) mass is 447 g/mol. The van der Waals surface area contributed by atoms with Crippen molar-refractivity contribution in [3.05, 3.63) is 23.9 Å². The van der Waals surface area contributed by atoms with Crippen LogP contribution in [0.25, 0.3) is 11.4 Å². The first-order valence-electron chi connectivity index (χ1n) is 10.5. The third-order valence-electron chi connectivity index (χ3n) is 5.98. The van der Waals surface area contributed by atoms with E-state index >= 15 is 0 Å². The molecule has 3 N–H and O–H groups in total. The summed E-state index contributed by atoms with van der Waals surface area (Å²) in [6.45, 7) is 2.10. The third kappa shape index (κ3) is 3.41. The minimum atomic E-state index is -2.74. The molecule has 0 bridgehead atoms. The topological polar surface area (TPSA) is 112 Å². The van der Waals surface area contributed by atoms with Gasteiger partial charge in [0.2, 0.25) is 5.91 Å². The Kier molecular flexibility index (Phi) is 4.90. The van der Waals surface area contributed by atoms with Crippen LogP contribution in [0.5, 0.6) is 5.75 Å². The Morgan fingerprint density at radius 1 is 1.31 bits per heavy atom. The zero-order valence-corrected chi connectivity index (χ0v) is 17.4. The van der Waals surface area contributed by atoms with Gasteiger partial charge in [0.25, 0.3) is 6.43 Å². The molecule has 1 unspecified atom stereocenters. The highest BCUT2D eigenvalue weighted by molar-refractivity contribution is 5.91. The SMILES string of the molecule is C[C@H](Nc1ccc2c(c1)OCCn1c-2nc(N2C(=O)OCC2C(F)F)c1C1CC1)C(N)=O. The first-order valence-corrected chi connectivity index (χ1v) is 10.5. The molecular formula is C21H23F2N5O4. The number of imidazole rings is 1. The lowest BCUT2D eigenvalue weighted by Crippen LogP contribution is -2.39. The largest absolute Gasteiger partial charge is 0.491 e. The Morgan fingerprint density at radius 2 is 2.09 bits per heavy atom. The highest BCUT2D eigenvalue weighted by Crippen LogP contribution is 2.48. The Bertz CT molecular complexity index is 1080. The average molecular weight is 447 g/mol. The Labute approximate surface area is 182 Å². The van der Waals surface area contributed by atoms with Crippen molar-refractivity contribution < 1.29 is 27.8 Å². The molecule has 1 saturated carbocycles. The molecule has 0 radical (unpaired) electrons. The molecule has 5 rings (SSSR count). The molecule has 1 aromatic carbocycles. The Balaban J connectivity index is 1.59. The van der Waals surface area contributed by atoms with E-state index in [2.05, 4.69) is 10.3 Å². The van der Waals surface area contributed by atoms with Crippen LogP contribution in [-0.4, -0.2) is 53.3 Å². The van der Waals surface area contributed by atoms with Crippen LogP contribution in [0.3, 0.4) is 0 Å². The van der Waals surface area contributed by atoms with E-state index in [4.69, 9.17) is 15.2 Å². The van der Waals surface area contributed by atoms with Crippen molar-refractivity contribution in [1.29, 1.82) is 0 Å².